The van der Waals surface area contributed by atoms with Crippen LogP contribution in [0.15, 0.2) is 67.3 Å². The van der Waals surface area contributed by atoms with Crippen molar-refractivity contribution in [2.45, 2.75) is 6.54 Å². The van der Waals surface area contributed by atoms with Gasteiger partial charge in [-0.15, -0.1) is 6.58 Å². The molecule has 0 aromatic heterocycles. The van der Waals surface area contributed by atoms with Crippen LogP contribution in [0, 0.1) is 0 Å². The van der Waals surface area contributed by atoms with Crippen LogP contribution in [-0.4, -0.2) is 17.6 Å². The molecule has 1 amide bonds. The van der Waals surface area contributed by atoms with E-state index in [2.05, 4.69) is 22.5 Å². The number of anilines is 1. The van der Waals surface area contributed by atoms with Crippen molar-refractivity contribution >= 4 is 28.9 Å². The fraction of sp³-hybridized carbons (Fsp3) is 0.111. The average Bonchev–Trinajstić information content (AvgIpc) is 2.59. The van der Waals surface area contributed by atoms with Gasteiger partial charge in [-0.05, 0) is 29.9 Å². The molecule has 0 aliphatic heterocycles. The van der Waals surface area contributed by atoms with E-state index < -0.39 is 0 Å². The fourth-order valence-electron chi connectivity index (χ4n) is 1.99. The third-order valence-corrected chi connectivity index (χ3v) is 3.37. The highest BCUT2D eigenvalue weighted by Crippen LogP contribution is 2.15. The summed E-state index contributed by atoms with van der Waals surface area (Å²) in [7, 11) is 0. The van der Waals surface area contributed by atoms with Gasteiger partial charge in [0.25, 0.3) is 5.91 Å². The van der Waals surface area contributed by atoms with Crippen LogP contribution < -0.4 is 16.0 Å². The maximum absolute atomic E-state index is 12.4. The molecule has 0 saturated heterocycles. The minimum Gasteiger partial charge on any atom is -0.359 e. The Bertz CT molecular complexity index is 686. The molecular formula is C18H19N3OS. The van der Waals surface area contributed by atoms with Crippen molar-refractivity contribution in [2.24, 2.45) is 0 Å². The van der Waals surface area contributed by atoms with Crippen molar-refractivity contribution in [3.8, 4) is 0 Å². The molecule has 4 nitrogen and oxygen atoms in total. The second kappa shape index (κ2) is 8.70. The smallest absolute Gasteiger partial charge is 0.253 e. The first-order chi connectivity index (χ1) is 11.2. The fourth-order valence-corrected chi connectivity index (χ4v) is 2.19. The summed E-state index contributed by atoms with van der Waals surface area (Å²) in [5.74, 6) is -0.150. The van der Waals surface area contributed by atoms with E-state index >= 15 is 0 Å². The largest absolute Gasteiger partial charge is 0.359 e. The lowest BCUT2D eigenvalue weighted by atomic mass is 10.1. The molecule has 23 heavy (non-hydrogen) atoms. The van der Waals surface area contributed by atoms with Crippen LogP contribution in [0.25, 0.3) is 0 Å². The minimum absolute atomic E-state index is 0.150. The molecule has 2 aromatic carbocycles. The Morgan fingerprint density at radius 1 is 1.04 bits per heavy atom. The van der Waals surface area contributed by atoms with E-state index in [1.54, 1.807) is 12.1 Å². The summed E-state index contributed by atoms with van der Waals surface area (Å²) in [6.07, 6.45) is 1.71. The third kappa shape index (κ3) is 5.23. The number of carbonyl (C=O) groups excluding carboxylic acids is 1. The van der Waals surface area contributed by atoms with Crippen molar-refractivity contribution in [1.82, 2.24) is 10.6 Å². The Kier molecular flexibility index (Phi) is 6.32. The second-order valence-electron chi connectivity index (χ2n) is 4.84. The van der Waals surface area contributed by atoms with Gasteiger partial charge in [-0.3, -0.25) is 4.79 Å². The lowest BCUT2D eigenvalue weighted by Gasteiger charge is -2.13. The lowest BCUT2D eigenvalue weighted by molar-refractivity contribution is 0.0952. The molecule has 118 valence electrons. The van der Waals surface area contributed by atoms with E-state index in [9.17, 15) is 4.79 Å². The lowest BCUT2D eigenvalue weighted by Crippen LogP contribution is -2.30. The highest BCUT2D eigenvalue weighted by atomic mass is 32.1. The highest BCUT2D eigenvalue weighted by Gasteiger charge is 2.11. The molecule has 0 bridgehead atoms. The number of amides is 1. The Morgan fingerprint density at radius 3 is 2.48 bits per heavy atom. The number of benzene rings is 2. The number of nitrogens with one attached hydrogen (secondary N) is 3. The predicted molar refractivity (Wildman–Crippen MR) is 98.5 cm³/mol. The number of rotatable bonds is 6. The highest BCUT2D eigenvalue weighted by molar-refractivity contribution is 7.80. The van der Waals surface area contributed by atoms with Crippen LogP contribution in [-0.2, 0) is 6.54 Å². The predicted octanol–water partition coefficient (Wildman–Crippen LogP) is 3.09. The molecule has 2 rings (SSSR count). The normalized spacial score (nSPS) is 9.74. The van der Waals surface area contributed by atoms with Crippen LogP contribution in [0.1, 0.15) is 15.9 Å². The molecule has 0 heterocycles. The van der Waals surface area contributed by atoms with Crippen LogP contribution in [0.2, 0.25) is 0 Å². The van der Waals surface area contributed by atoms with Crippen molar-refractivity contribution in [3.05, 3.63) is 78.4 Å². The molecule has 3 N–H and O–H groups in total. The number of hydrogen-bond donors (Lipinski definition) is 3. The van der Waals surface area contributed by atoms with E-state index in [0.29, 0.717) is 29.5 Å². The van der Waals surface area contributed by atoms with Crippen molar-refractivity contribution in [3.63, 3.8) is 0 Å². The van der Waals surface area contributed by atoms with Gasteiger partial charge in [0.05, 0.1) is 11.3 Å². The molecule has 0 unspecified atom stereocenters. The summed E-state index contributed by atoms with van der Waals surface area (Å²) in [5.41, 5.74) is 2.26. The summed E-state index contributed by atoms with van der Waals surface area (Å²) in [6.45, 7) is 4.67. The molecule has 0 fully saturated rings. The van der Waals surface area contributed by atoms with Crippen molar-refractivity contribution in [2.75, 3.05) is 11.9 Å². The first-order valence-electron chi connectivity index (χ1n) is 7.27. The van der Waals surface area contributed by atoms with Gasteiger partial charge >= 0.3 is 0 Å². The SMILES string of the molecule is C=CCNC(=S)Nc1ccccc1C(=O)NCc1ccccc1. The van der Waals surface area contributed by atoms with Gasteiger partial charge < -0.3 is 16.0 Å². The molecule has 0 spiro atoms. The van der Waals surface area contributed by atoms with Crippen LogP contribution in [0.3, 0.4) is 0 Å². The van der Waals surface area contributed by atoms with Gasteiger partial charge in [-0.2, -0.15) is 0 Å². The molecule has 0 aliphatic carbocycles. The number of para-hydroxylation sites is 1. The van der Waals surface area contributed by atoms with Gasteiger partial charge in [0, 0.05) is 13.1 Å². The molecule has 0 radical (unpaired) electrons. The molecule has 5 heteroatoms. The van der Waals surface area contributed by atoms with Gasteiger partial charge in [-0.25, -0.2) is 0 Å². The van der Waals surface area contributed by atoms with E-state index in [-0.39, 0.29) is 5.91 Å². The zero-order valence-corrected chi connectivity index (χ0v) is 13.5. The summed E-state index contributed by atoms with van der Waals surface area (Å²) < 4.78 is 0. The van der Waals surface area contributed by atoms with Crippen LogP contribution in [0.5, 0.6) is 0 Å². The summed E-state index contributed by atoms with van der Waals surface area (Å²) in [6, 6.07) is 17.0. The number of carbonyl (C=O) groups is 1. The zero-order valence-electron chi connectivity index (χ0n) is 12.7. The monoisotopic (exact) mass is 325 g/mol. The first kappa shape index (κ1) is 16.7. The van der Waals surface area contributed by atoms with Gasteiger partial charge in [0.2, 0.25) is 0 Å². The topological polar surface area (TPSA) is 53.2 Å². The third-order valence-electron chi connectivity index (χ3n) is 3.12. The minimum atomic E-state index is -0.150. The van der Waals surface area contributed by atoms with Crippen molar-refractivity contribution < 1.29 is 4.79 Å². The van der Waals surface area contributed by atoms with E-state index in [1.807, 2.05) is 48.5 Å². The maximum Gasteiger partial charge on any atom is 0.253 e. The van der Waals surface area contributed by atoms with Crippen molar-refractivity contribution in [1.29, 1.82) is 0 Å². The Labute approximate surface area is 141 Å². The summed E-state index contributed by atoms with van der Waals surface area (Å²) in [4.78, 5) is 12.4. The molecule has 0 aliphatic rings. The Balaban J connectivity index is 2.02. The molecular weight excluding hydrogens is 306 g/mol. The van der Waals surface area contributed by atoms with Gasteiger partial charge in [0.15, 0.2) is 5.11 Å². The van der Waals surface area contributed by atoms with E-state index in [1.165, 1.54) is 0 Å². The zero-order chi connectivity index (χ0) is 16.5. The van der Waals surface area contributed by atoms with Crippen LogP contribution >= 0.6 is 12.2 Å². The second-order valence-corrected chi connectivity index (χ2v) is 5.25. The molecule has 0 atom stereocenters. The Hall–Kier alpha value is -2.66. The maximum atomic E-state index is 12.4. The van der Waals surface area contributed by atoms with Crippen LogP contribution in [0.4, 0.5) is 5.69 Å². The quantitative estimate of drug-likeness (QED) is 0.564. The van der Waals surface area contributed by atoms with E-state index in [4.69, 9.17) is 12.2 Å². The molecule has 2 aromatic rings. The van der Waals surface area contributed by atoms with Gasteiger partial charge in [-0.1, -0.05) is 48.5 Å². The van der Waals surface area contributed by atoms with Gasteiger partial charge in [0.1, 0.15) is 0 Å². The summed E-state index contributed by atoms with van der Waals surface area (Å²) >= 11 is 5.19. The Morgan fingerprint density at radius 2 is 1.74 bits per heavy atom. The number of thiocarbonyl (C=S) groups is 1. The molecule has 0 saturated carbocycles. The average molecular weight is 325 g/mol. The summed E-state index contributed by atoms with van der Waals surface area (Å²) in [5, 5.41) is 9.38. The number of hydrogen-bond acceptors (Lipinski definition) is 2. The first-order valence-corrected chi connectivity index (χ1v) is 7.68. The standard InChI is InChI=1S/C18H19N3OS/c1-2-12-19-18(23)21-16-11-7-6-10-15(16)17(22)20-13-14-8-4-3-5-9-14/h2-11H,1,12-13H2,(H,20,22)(H2,19,21,23). The van der Waals surface area contributed by atoms with E-state index in [0.717, 1.165) is 5.56 Å².